The van der Waals surface area contributed by atoms with Crippen LogP contribution in [0.3, 0.4) is 0 Å². The van der Waals surface area contributed by atoms with E-state index in [9.17, 15) is 4.79 Å². The molecule has 2 heterocycles. The number of hydrogen-bond donors (Lipinski definition) is 0. The molecule has 1 aliphatic heterocycles. The molecule has 0 unspecified atom stereocenters. The summed E-state index contributed by atoms with van der Waals surface area (Å²) in [4.78, 5) is 18.7. The van der Waals surface area contributed by atoms with Gasteiger partial charge in [0.05, 0.1) is 0 Å². The van der Waals surface area contributed by atoms with Crippen LogP contribution in [0.25, 0.3) is 0 Å². The zero-order valence-electron chi connectivity index (χ0n) is 10.7. The van der Waals surface area contributed by atoms with Crippen molar-refractivity contribution in [3.63, 3.8) is 0 Å². The topological polar surface area (TPSA) is 36.4 Å². The average molecular weight is 235 g/mol. The standard InChI is InChI=1S/C11H15N3O.C2H6/c15-10-14-7-5-13(6-8-14)9-11-1-3-12-4-2-11;1-2/h1-4,10H,5-9H2;1-2H3. The minimum Gasteiger partial charge on any atom is -0.343 e. The number of piperazine rings is 1. The minimum absolute atomic E-state index is 0.842. The molecule has 0 aromatic carbocycles. The number of carbonyl (C=O) groups is 1. The lowest BCUT2D eigenvalue weighted by molar-refractivity contribution is -0.119. The Hall–Kier alpha value is -1.42. The third kappa shape index (κ3) is 4.53. The van der Waals surface area contributed by atoms with Crippen LogP contribution >= 0.6 is 0 Å². The highest BCUT2D eigenvalue weighted by Crippen LogP contribution is 2.06. The summed E-state index contributed by atoms with van der Waals surface area (Å²) in [5, 5.41) is 0. The molecule has 2 rings (SSSR count). The Balaban J connectivity index is 0.000000686. The first kappa shape index (κ1) is 13.6. The van der Waals surface area contributed by atoms with Crippen LogP contribution in [-0.2, 0) is 11.3 Å². The van der Waals surface area contributed by atoms with Crippen molar-refractivity contribution >= 4 is 6.41 Å². The van der Waals surface area contributed by atoms with Gasteiger partial charge in [0.1, 0.15) is 0 Å². The van der Waals surface area contributed by atoms with Crippen molar-refractivity contribution < 1.29 is 4.79 Å². The van der Waals surface area contributed by atoms with E-state index in [1.54, 1.807) is 0 Å². The predicted octanol–water partition coefficient (Wildman–Crippen LogP) is 1.38. The third-order valence-electron chi connectivity index (χ3n) is 2.71. The Labute approximate surface area is 103 Å². The summed E-state index contributed by atoms with van der Waals surface area (Å²) in [6, 6.07) is 4.07. The van der Waals surface area contributed by atoms with Crippen LogP contribution in [0.1, 0.15) is 19.4 Å². The second kappa shape index (κ2) is 7.79. The number of pyridine rings is 1. The van der Waals surface area contributed by atoms with Crippen molar-refractivity contribution in [3.05, 3.63) is 30.1 Å². The maximum Gasteiger partial charge on any atom is 0.209 e. The van der Waals surface area contributed by atoms with E-state index in [0.717, 1.165) is 39.1 Å². The fraction of sp³-hybridized carbons (Fsp3) is 0.538. The largest absolute Gasteiger partial charge is 0.343 e. The van der Waals surface area contributed by atoms with Crippen molar-refractivity contribution in [1.82, 2.24) is 14.8 Å². The number of nitrogens with zero attached hydrogens (tertiary/aromatic N) is 3. The molecule has 17 heavy (non-hydrogen) atoms. The average Bonchev–Trinajstić information content (AvgIpc) is 2.43. The van der Waals surface area contributed by atoms with E-state index in [2.05, 4.69) is 9.88 Å². The Bertz CT molecular complexity index is 308. The molecule has 4 heteroatoms. The Morgan fingerprint density at radius 3 is 2.29 bits per heavy atom. The Kier molecular flexibility index (Phi) is 6.25. The quantitative estimate of drug-likeness (QED) is 0.743. The molecule has 1 fully saturated rings. The van der Waals surface area contributed by atoms with Gasteiger partial charge >= 0.3 is 0 Å². The molecule has 1 aliphatic rings. The van der Waals surface area contributed by atoms with Crippen molar-refractivity contribution in [3.8, 4) is 0 Å². The molecule has 1 aromatic heterocycles. The molecule has 1 aromatic rings. The number of amides is 1. The molecule has 1 amide bonds. The fourth-order valence-corrected chi connectivity index (χ4v) is 1.77. The molecule has 0 saturated carbocycles. The van der Waals surface area contributed by atoms with Gasteiger partial charge in [0.2, 0.25) is 6.41 Å². The first-order chi connectivity index (χ1) is 8.38. The van der Waals surface area contributed by atoms with Crippen LogP contribution in [-0.4, -0.2) is 47.4 Å². The minimum atomic E-state index is 0.842. The molecule has 0 atom stereocenters. The summed E-state index contributed by atoms with van der Waals surface area (Å²) in [6.45, 7) is 8.56. The van der Waals surface area contributed by atoms with E-state index < -0.39 is 0 Å². The summed E-state index contributed by atoms with van der Waals surface area (Å²) in [6.07, 6.45) is 4.57. The second-order valence-corrected chi connectivity index (χ2v) is 3.77. The highest BCUT2D eigenvalue weighted by Gasteiger charge is 2.14. The van der Waals surface area contributed by atoms with Crippen molar-refractivity contribution in [2.45, 2.75) is 20.4 Å². The maximum atomic E-state index is 10.5. The zero-order chi connectivity index (χ0) is 12.5. The number of hydrogen-bond acceptors (Lipinski definition) is 3. The van der Waals surface area contributed by atoms with Gasteiger partial charge < -0.3 is 4.90 Å². The van der Waals surface area contributed by atoms with E-state index in [0.29, 0.717) is 0 Å². The van der Waals surface area contributed by atoms with Gasteiger partial charge in [-0.05, 0) is 17.7 Å². The summed E-state index contributed by atoms with van der Waals surface area (Å²) >= 11 is 0. The van der Waals surface area contributed by atoms with Crippen LogP contribution in [0.5, 0.6) is 0 Å². The molecular weight excluding hydrogens is 214 g/mol. The number of aromatic nitrogens is 1. The van der Waals surface area contributed by atoms with E-state index in [1.807, 2.05) is 43.3 Å². The molecule has 0 N–H and O–H groups in total. The normalized spacial score (nSPS) is 16.0. The lowest BCUT2D eigenvalue weighted by Gasteiger charge is -2.32. The second-order valence-electron chi connectivity index (χ2n) is 3.77. The third-order valence-corrected chi connectivity index (χ3v) is 2.71. The van der Waals surface area contributed by atoms with Gasteiger partial charge in [-0.2, -0.15) is 0 Å². The Morgan fingerprint density at radius 2 is 1.76 bits per heavy atom. The van der Waals surface area contributed by atoms with Gasteiger partial charge in [-0.1, -0.05) is 13.8 Å². The Morgan fingerprint density at radius 1 is 1.18 bits per heavy atom. The summed E-state index contributed by atoms with van der Waals surface area (Å²) in [5.41, 5.74) is 1.28. The molecule has 0 radical (unpaired) electrons. The monoisotopic (exact) mass is 235 g/mol. The SMILES string of the molecule is CC.O=CN1CCN(Cc2ccncc2)CC1. The zero-order valence-corrected chi connectivity index (χ0v) is 10.7. The van der Waals surface area contributed by atoms with Crippen LogP contribution in [0.2, 0.25) is 0 Å². The first-order valence-electron chi connectivity index (χ1n) is 6.19. The van der Waals surface area contributed by atoms with Gasteiger partial charge in [0.15, 0.2) is 0 Å². The van der Waals surface area contributed by atoms with Crippen LogP contribution < -0.4 is 0 Å². The smallest absolute Gasteiger partial charge is 0.209 e. The summed E-state index contributed by atoms with van der Waals surface area (Å²) in [7, 11) is 0. The van der Waals surface area contributed by atoms with E-state index in [-0.39, 0.29) is 0 Å². The molecule has 0 bridgehead atoms. The van der Waals surface area contributed by atoms with E-state index >= 15 is 0 Å². The lowest BCUT2D eigenvalue weighted by atomic mass is 10.2. The van der Waals surface area contributed by atoms with Gasteiger partial charge in [0.25, 0.3) is 0 Å². The maximum absolute atomic E-state index is 10.5. The summed E-state index contributed by atoms with van der Waals surface area (Å²) in [5.74, 6) is 0. The molecule has 4 nitrogen and oxygen atoms in total. The van der Waals surface area contributed by atoms with E-state index in [1.165, 1.54) is 5.56 Å². The van der Waals surface area contributed by atoms with Crippen molar-refractivity contribution in [2.24, 2.45) is 0 Å². The molecule has 94 valence electrons. The molecular formula is C13H21N3O. The van der Waals surface area contributed by atoms with Gasteiger partial charge in [-0.25, -0.2) is 0 Å². The number of carbonyl (C=O) groups excluding carboxylic acids is 1. The van der Waals surface area contributed by atoms with Gasteiger partial charge in [-0.3, -0.25) is 14.7 Å². The van der Waals surface area contributed by atoms with Crippen LogP contribution in [0.4, 0.5) is 0 Å². The van der Waals surface area contributed by atoms with Gasteiger partial charge in [-0.15, -0.1) is 0 Å². The van der Waals surface area contributed by atoms with Crippen LogP contribution in [0, 0.1) is 0 Å². The van der Waals surface area contributed by atoms with Gasteiger partial charge in [0, 0.05) is 45.1 Å². The number of rotatable bonds is 3. The highest BCUT2D eigenvalue weighted by molar-refractivity contribution is 5.47. The molecule has 0 aliphatic carbocycles. The molecule has 0 spiro atoms. The predicted molar refractivity (Wildman–Crippen MR) is 68.5 cm³/mol. The first-order valence-corrected chi connectivity index (χ1v) is 6.19. The van der Waals surface area contributed by atoms with E-state index in [4.69, 9.17) is 0 Å². The highest BCUT2D eigenvalue weighted by atomic mass is 16.1. The summed E-state index contributed by atoms with van der Waals surface area (Å²) < 4.78 is 0. The lowest BCUT2D eigenvalue weighted by Crippen LogP contribution is -2.45. The fourth-order valence-electron chi connectivity index (χ4n) is 1.77. The van der Waals surface area contributed by atoms with Crippen LogP contribution in [0.15, 0.2) is 24.5 Å². The van der Waals surface area contributed by atoms with Crippen molar-refractivity contribution in [1.29, 1.82) is 0 Å². The van der Waals surface area contributed by atoms with Crippen molar-refractivity contribution in [2.75, 3.05) is 26.2 Å². The molecule has 1 saturated heterocycles.